The van der Waals surface area contributed by atoms with E-state index in [2.05, 4.69) is 16.6 Å². The molecule has 0 aromatic heterocycles. The maximum absolute atomic E-state index is 13.4. The Morgan fingerprint density at radius 1 is 1.40 bits per heavy atom. The van der Waals surface area contributed by atoms with Gasteiger partial charge in [0.05, 0.1) is 19.8 Å². The van der Waals surface area contributed by atoms with Crippen LogP contribution in [0, 0.1) is 17.7 Å². The van der Waals surface area contributed by atoms with E-state index in [4.69, 9.17) is 4.74 Å². The minimum Gasteiger partial charge on any atom is -0.494 e. The van der Waals surface area contributed by atoms with Gasteiger partial charge in [0, 0.05) is 5.92 Å². The van der Waals surface area contributed by atoms with Crippen LogP contribution in [-0.2, 0) is 9.53 Å². The van der Waals surface area contributed by atoms with Crippen molar-refractivity contribution in [1.82, 2.24) is 0 Å². The van der Waals surface area contributed by atoms with Gasteiger partial charge in [0.2, 0.25) is 0 Å². The number of methoxy groups -OCH3 is 2. The van der Waals surface area contributed by atoms with Gasteiger partial charge in [0.1, 0.15) is 0 Å². The van der Waals surface area contributed by atoms with E-state index < -0.39 is 11.8 Å². The lowest BCUT2D eigenvalue weighted by atomic mass is 10.2. The second-order valence-corrected chi connectivity index (χ2v) is 2.56. The zero-order valence-corrected chi connectivity index (χ0v) is 8.33. The number of benzene rings is 1. The number of halogens is 1. The van der Waals surface area contributed by atoms with E-state index in [0.29, 0.717) is 0 Å². The van der Waals surface area contributed by atoms with Crippen LogP contribution in [0.3, 0.4) is 0 Å². The van der Waals surface area contributed by atoms with Gasteiger partial charge in [-0.25, -0.2) is 9.18 Å². The molecule has 0 atom stereocenters. The largest absolute Gasteiger partial charge is 0.494 e. The summed E-state index contributed by atoms with van der Waals surface area (Å²) in [4.78, 5) is 10.7. The standard InChI is InChI=1S/C11H9FO3/c1-14-9-5-3-4-8(11(9)12)6-7-10(13)15-2/h3-5H,1-2H3. The summed E-state index contributed by atoms with van der Waals surface area (Å²) in [6, 6.07) is 4.51. The molecule has 0 fully saturated rings. The molecular formula is C11H9FO3. The Morgan fingerprint density at radius 2 is 2.13 bits per heavy atom. The summed E-state index contributed by atoms with van der Waals surface area (Å²) in [6.07, 6.45) is 0. The normalized spacial score (nSPS) is 8.73. The van der Waals surface area contributed by atoms with Gasteiger partial charge in [0.25, 0.3) is 0 Å². The Labute approximate surface area is 86.8 Å². The Hall–Kier alpha value is -2.02. The topological polar surface area (TPSA) is 35.5 Å². The lowest BCUT2D eigenvalue weighted by molar-refractivity contribution is -0.133. The summed E-state index contributed by atoms with van der Waals surface area (Å²) in [6.45, 7) is 0. The van der Waals surface area contributed by atoms with E-state index in [-0.39, 0.29) is 11.3 Å². The predicted molar refractivity (Wildman–Crippen MR) is 51.8 cm³/mol. The van der Waals surface area contributed by atoms with Crippen molar-refractivity contribution in [1.29, 1.82) is 0 Å². The van der Waals surface area contributed by atoms with Gasteiger partial charge in [-0.1, -0.05) is 12.0 Å². The van der Waals surface area contributed by atoms with Crippen LogP contribution in [0.15, 0.2) is 18.2 Å². The van der Waals surface area contributed by atoms with Crippen LogP contribution in [0.1, 0.15) is 5.56 Å². The van der Waals surface area contributed by atoms with E-state index in [1.165, 1.54) is 26.4 Å². The van der Waals surface area contributed by atoms with Crippen molar-refractivity contribution in [2.75, 3.05) is 14.2 Å². The molecular weight excluding hydrogens is 199 g/mol. The highest BCUT2D eigenvalue weighted by molar-refractivity contribution is 5.89. The third-order valence-electron chi connectivity index (χ3n) is 1.67. The van der Waals surface area contributed by atoms with Crippen molar-refractivity contribution >= 4 is 5.97 Å². The quantitative estimate of drug-likeness (QED) is 0.516. The zero-order chi connectivity index (χ0) is 11.3. The van der Waals surface area contributed by atoms with Crippen LogP contribution in [0.5, 0.6) is 5.75 Å². The van der Waals surface area contributed by atoms with Crippen LogP contribution in [-0.4, -0.2) is 20.2 Å². The summed E-state index contributed by atoms with van der Waals surface area (Å²) in [7, 11) is 2.56. The van der Waals surface area contributed by atoms with Gasteiger partial charge in [-0.3, -0.25) is 0 Å². The number of esters is 1. The molecule has 4 heteroatoms. The van der Waals surface area contributed by atoms with Gasteiger partial charge < -0.3 is 9.47 Å². The number of hydrogen-bond donors (Lipinski definition) is 0. The molecule has 0 aliphatic heterocycles. The van der Waals surface area contributed by atoms with Gasteiger partial charge in [0.15, 0.2) is 11.6 Å². The first-order valence-corrected chi connectivity index (χ1v) is 4.11. The van der Waals surface area contributed by atoms with Crippen LogP contribution >= 0.6 is 0 Å². The molecule has 0 heterocycles. The molecule has 0 spiro atoms. The molecule has 0 aliphatic rings. The van der Waals surface area contributed by atoms with Crippen molar-refractivity contribution in [3.05, 3.63) is 29.6 Å². The molecule has 15 heavy (non-hydrogen) atoms. The maximum atomic E-state index is 13.4. The first kappa shape index (κ1) is 11.1. The molecule has 78 valence electrons. The molecule has 0 aliphatic carbocycles. The molecule has 3 nitrogen and oxygen atoms in total. The van der Waals surface area contributed by atoms with E-state index >= 15 is 0 Å². The predicted octanol–water partition coefficient (Wildman–Crippen LogP) is 1.36. The minimum atomic E-state index is -0.711. The van der Waals surface area contributed by atoms with Crippen molar-refractivity contribution in [3.8, 4) is 17.6 Å². The minimum absolute atomic E-state index is 0.0895. The Morgan fingerprint density at radius 3 is 2.73 bits per heavy atom. The third-order valence-corrected chi connectivity index (χ3v) is 1.67. The van der Waals surface area contributed by atoms with Crippen LogP contribution in [0.2, 0.25) is 0 Å². The van der Waals surface area contributed by atoms with Gasteiger partial charge in [-0.2, -0.15) is 0 Å². The van der Waals surface area contributed by atoms with Gasteiger partial charge in [-0.05, 0) is 12.1 Å². The second-order valence-electron chi connectivity index (χ2n) is 2.56. The molecule has 0 saturated carbocycles. The Kier molecular flexibility index (Phi) is 3.69. The van der Waals surface area contributed by atoms with E-state index in [1.807, 2.05) is 0 Å². The van der Waals surface area contributed by atoms with E-state index in [1.54, 1.807) is 6.07 Å². The average Bonchev–Trinajstić information content (AvgIpc) is 2.27. The fourth-order valence-electron chi connectivity index (χ4n) is 0.934. The lowest BCUT2D eigenvalue weighted by Gasteiger charge is -2.01. The molecule has 1 aromatic rings. The van der Waals surface area contributed by atoms with Crippen molar-refractivity contribution in [2.45, 2.75) is 0 Å². The molecule has 0 bridgehead atoms. The average molecular weight is 208 g/mol. The molecule has 1 rings (SSSR count). The first-order chi connectivity index (χ1) is 7.19. The van der Waals surface area contributed by atoms with E-state index in [0.717, 1.165) is 0 Å². The zero-order valence-electron chi connectivity index (χ0n) is 8.33. The number of rotatable bonds is 1. The van der Waals surface area contributed by atoms with E-state index in [9.17, 15) is 9.18 Å². The Balaban J connectivity index is 3.04. The summed E-state index contributed by atoms with van der Waals surface area (Å²) in [5.74, 6) is 3.28. The summed E-state index contributed by atoms with van der Waals surface area (Å²) < 4.78 is 22.5. The number of carbonyl (C=O) groups excluding carboxylic acids is 1. The lowest BCUT2D eigenvalue weighted by Crippen LogP contribution is -1.96. The fourth-order valence-corrected chi connectivity index (χ4v) is 0.934. The van der Waals surface area contributed by atoms with Crippen molar-refractivity contribution in [3.63, 3.8) is 0 Å². The molecule has 0 saturated heterocycles. The van der Waals surface area contributed by atoms with Gasteiger partial charge >= 0.3 is 5.97 Å². The maximum Gasteiger partial charge on any atom is 0.384 e. The monoisotopic (exact) mass is 208 g/mol. The second kappa shape index (κ2) is 5.01. The smallest absolute Gasteiger partial charge is 0.384 e. The highest BCUT2D eigenvalue weighted by Gasteiger charge is 2.05. The van der Waals surface area contributed by atoms with Crippen molar-refractivity contribution < 1.29 is 18.7 Å². The Bertz CT molecular complexity index is 429. The van der Waals surface area contributed by atoms with Crippen LogP contribution < -0.4 is 4.74 Å². The summed E-state index contributed by atoms with van der Waals surface area (Å²) in [5, 5.41) is 0. The van der Waals surface area contributed by atoms with Crippen LogP contribution in [0.25, 0.3) is 0 Å². The van der Waals surface area contributed by atoms with Crippen LogP contribution in [0.4, 0.5) is 4.39 Å². The third kappa shape index (κ3) is 2.71. The molecule has 0 N–H and O–H groups in total. The molecule has 0 unspecified atom stereocenters. The molecule has 0 amide bonds. The highest BCUT2D eigenvalue weighted by Crippen LogP contribution is 2.18. The van der Waals surface area contributed by atoms with Gasteiger partial charge in [-0.15, -0.1) is 0 Å². The molecule has 1 aromatic carbocycles. The SMILES string of the molecule is COC(=O)C#Cc1cccc(OC)c1F. The number of carbonyl (C=O) groups is 1. The number of ether oxygens (including phenoxy) is 2. The summed E-state index contributed by atoms with van der Waals surface area (Å²) >= 11 is 0. The summed E-state index contributed by atoms with van der Waals surface area (Å²) in [5.41, 5.74) is 0.0970. The number of hydrogen-bond acceptors (Lipinski definition) is 3. The molecule has 0 radical (unpaired) electrons. The fraction of sp³-hybridized carbons (Fsp3) is 0.182. The highest BCUT2D eigenvalue weighted by atomic mass is 19.1. The van der Waals surface area contributed by atoms with Crippen molar-refractivity contribution in [2.24, 2.45) is 0 Å². The first-order valence-electron chi connectivity index (χ1n) is 4.11.